The zero-order valence-electron chi connectivity index (χ0n) is 12.3. The molecule has 0 radical (unpaired) electrons. The summed E-state index contributed by atoms with van der Waals surface area (Å²) in [6.45, 7) is 12.4. The maximum absolute atomic E-state index is 6.09. The van der Waals surface area contributed by atoms with Crippen molar-refractivity contribution in [2.45, 2.75) is 65.3 Å². The highest BCUT2D eigenvalue weighted by Crippen LogP contribution is 2.36. The largest absolute Gasteiger partial charge is 0.329 e. The molecule has 1 saturated carbocycles. The molecule has 2 atom stereocenters. The summed E-state index contributed by atoms with van der Waals surface area (Å²) in [5.41, 5.74) is 6.31. The van der Waals surface area contributed by atoms with Gasteiger partial charge >= 0.3 is 0 Å². The highest BCUT2D eigenvalue weighted by Gasteiger charge is 2.34. The van der Waals surface area contributed by atoms with Crippen molar-refractivity contribution in [1.29, 1.82) is 0 Å². The number of hydrogen-bond donors (Lipinski definition) is 1. The maximum atomic E-state index is 6.09. The summed E-state index contributed by atoms with van der Waals surface area (Å²) in [6.07, 6.45) is 6.85. The fourth-order valence-corrected chi connectivity index (χ4v) is 2.90. The van der Waals surface area contributed by atoms with Crippen LogP contribution in [-0.4, -0.2) is 30.1 Å². The van der Waals surface area contributed by atoms with Crippen LogP contribution in [0.1, 0.15) is 59.8 Å². The summed E-state index contributed by atoms with van der Waals surface area (Å²) in [4.78, 5) is 2.62. The monoisotopic (exact) mass is 240 g/mol. The standard InChI is InChI=1S/C15H32N2/c1-5-13(3)11-17(6-2)15(4,12-16)10-14-8-7-9-14/h13-14H,5-12,16H2,1-4H3. The molecule has 0 bridgehead atoms. The number of likely N-dealkylation sites (N-methyl/N-ethyl adjacent to an activating group) is 1. The first-order chi connectivity index (χ1) is 8.05. The SMILES string of the molecule is CCC(C)CN(CC)C(C)(CN)CC1CCC1. The van der Waals surface area contributed by atoms with Crippen molar-refractivity contribution in [2.24, 2.45) is 17.6 Å². The Hall–Kier alpha value is -0.0800. The van der Waals surface area contributed by atoms with Gasteiger partial charge in [-0.2, -0.15) is 0 Å². The van der Waals surface area contributed by atoms with E-state index in [1.807, 2.05) is 0 Å². The van der Waals surface area contributed by atoms with Crippen LogP contribution in [0.2, 0.25) is 0 Å². The Morgan fingerprint density at radius 1 is 1.35 bits per heavy atom. The first-order valence-corrected chi connectivity index (χ1v) is 7.50. The minimum Gasteiger partial charge on any atom is -0.329 e. The minimum absolute atomic E-state index is 0.225. The molecule has 1 aliphatic rings. The average Bonchev–Trinajstić information content (AvgIpc) is 2.30. The molecule has 0 amide bonds. The maximum Gasteiger partial charge on any atom is 0.0306 e. The summed E-state index contributed by atoms with van der Waals surface area (Å²) < 4.78 is 0. The van der Waals surface area contributed by atoms with Crippen LogP contribution in [0.15, 0.2) is 0 Å². The Bertz CT molecular complexity index is 213. The van der Waals surface area contributed by atoms with Gasteiger partial charge in [0.15, 0.2) is 0 Å². The Labute approximate surface area is 108 Å². The number of hydrogen-bond acceptors (Lipinski definition) is 2. The molecule has 2 N–H and O–H groups in total. The summed E-state index contributed by atoms with van der Waals surface area (Å²) in [5.74, 6) is 1.72. The van der Waals surface area contributed by atoms with Gasteiger partial charge in [-0.15, -0.1) is 0 Å². The predicted molar refractivity (Wildman–Crippen MR) is 76.1 cm³/mol. The molecule has 2 nitrogen and oxygen atoms in total. The quantitative estimate of drug-likeness (QED) is 0.705. The molecule has 0 aromatic rings. The number of nitrogens with two attached hydrogens (primary N) is 1. The van der Waals surface area contributed by atoms with Crippen molar-refractivity contribution in [3.05, 3.63) is 0 Å². The first-order valence-electron chi connectivity index (χ1n) is 7.50. The first kappa shape index (κ1) is 15.0. The fraction of sp³-hybridized carbons (Fsp3) is 1.00. The van der Waals surface area contributed by atoms with E-state index in [-0.39, 0.29) is 5.54 Å². The van der Waals surface area contributed by atoms with Crippen molar-refractivity contribution in [3.63, 3.8) is 0 Å². The van der Waals surface area contributed by atoms with Crippen LogP contribution in [0.25, 0.3) is 0 Å². The van der Waals surface area contributed by atoms with Crippen molar-refractivity contribution in [1.82, 2.24) is 4.90 Å². The van der Waals surface area contributed by atoms with Gasteiger partial charge < -0.3 is 5.73 Å². The van der Waals surface area contributed by atoms with Gasteiger partial charge in [-0.3, -0.25) is 4.90 Å². The molecule has 0 spiro atoms. The summed E-state index contributed by atoms with van der Waals surface area (Å²) in [5, 5.41) is 0. The van der Waals surface area contributed by atoms with Crippen molar-refractivity contribution in [2.75, 3.05) is 19.6 Å². The molecule has 0 aliphatic heterocycles. The molecule has 0 aromatic carbocycles. The van der Waals surface area contributed by atoms with E-state index in [0.29, 0.717) is 0 Å². The van der Waals surface area contributed by atoms with Crippen LogP contribution >= 0.6 is 0 Å². The van der Waals surface area contributed by atoms with Crippen LogP contribution in [0.5, 0.6) is 0 Å². The second-order valence-electron chi connectivity index (χ2n) is 6.25. The van der Waals surface area contributed by atoms with Gasteiger partial charge in [0.1, 0.15) is 0 Å². The highest BCUT2D eigenvalue weighted by atomic mass is 15.2. The summed E-state index contributed by atoms with van der Waals surface area (Å²) in [7, 11) is 0. The van der Waals surface area contributed by atoms with E-state index in [9.17, 15) is 0 Å². The third kappa shape index (κ3) is 3.96. The van der Waals surface area contributed by atoms with Crippen molar-refractivity contribution < 1.29 is 0 Å². The predicted octanol–water partition coefficient (Wildman–Crippen LogP) is 3.26. The molecular formula is C15H32N2. The Balaban J connectivity index is 2.58. The van der Waals surface area contributed by atoms with Crippen LogP contribution in [0, 0.1) is 11.8 Å². The van der Waals surface area contributed by atoms with Crippen molar-refractivity contribution in [3.8, 4) is 0 Å². The van der Waals surface area contributed by atoms with Crippen molar-refractivity contribution >= 4 is 0 Å². The lowest BCUT2D eigenvalue weighted by atomic mass is 9.75. The zero-order chi connectivity index (χ0) is 12.9. The molecule has 102 valence electrons. The van der Waals surface area contributed by atoms with E-state index in [1.165, 1.54) is 38.6 Å². The van der Waals surface area contributed by atoms with E-state index in [1.54, 1.807) is 0 Å². The molecule has 1 rings (SSSR count). The third-order valence-electron chi connectivity index (χ3n) is 4.77. The van der Waals surface area contributed by atoms with Gasteiger partial charge in [0.25, 0.3) is 0 Å². The molecule has 0 aromatic heterocycles. The summed E-state index contributed by atoms with van der Waals surface area (Å²) in [6, 6.07) is 0. The second kappa shape index (κ2) is 6.75. The fourth-order valence-electron chi connectivity index (χ4n) is 2.90. The highest BCUT2D eigenvalue weighted by molar-refractivity contribution is 4.91. The number of nitrogens with zero attached hydrogens (tertiary/aromatic N) is 1. The molecule has 1 fully saturated rings. The Morgan fingerprint density at radius 2 is 2.00 bits per heavy atom. The van der Waals surface area contributed by atoms with Crippen LogP contribution < -0.4 is 5.73 Å². The second-order valence-corrected chi connectivity index (χ2v) is 6.25. The molecular weight excluding hydrogens is 208 g/mol. The lowest BCUT2D eigenvalue weighted by Crippen LogP contribution is -2.54. The Morgan fingerprint density at radius 3 is 2.35 bits per heavy atom. The lowest BCUT2D eigenvalue weighted by Gasteiger charge is -2.45. The minimum atomic E-state index is 0.225. The van der Waals surface area contributed by atoms with Gasteiger partial charge in [-0.25, -0.2) is 0 Å². The molecule has 2 heteroatoms. The van der Waals surface area contributed by atoms with E-state index in [4.69, 9.17) is 5.73 Å². The van der Waals surface area contributed by atoms with Crippen LogP contribution in [0.3, 0.4) is 0 Å². The van der Waals surface area contributed by atoms with E-state index >= 15 is 0 Å². The zero-order valence-corrected chi connectivity index (χ0v) is 12.3. The lowest BCUT2D eigenvalue weighted by molar-refractivity contribution is 0.0599. The molecule has 0 saturated heterocycles. The number of rotatable bonds is 8. The van der Waals surface area contributed by atoms with Gasteiger partial charge in [-0.1, -0.05) is 46.5 Å². The smallest absolute Gasteiger partial charge is 0.0306 e. The van der Waals surface area contributed by atoms with E-state index in [2.05, 4.69) is 32.6 Å². The van der Waals surface area contributed by atoms with E-state index in [0.717, 1.165) is 24.9 Å². The van der Waals surface area contributed by atoms with Gasteiger partial charge in [0, 0.05) is 18.6 Å². The normalized spacial score (nSPS) is 22.2. The average molecular weight is 240 g/mol. The van der Waals surface area contributed by atoms with Crippen LogP contribution in [-0.2, 0) is 0 Å². The topological polar surface area (TPSA) is 29.3 Å². The molecule has 17 heavy (non-hydrogen) atoms. The molecule has 1 aliphatic carbocycles. The van der Waals surface area contributed by atoms with Gasteiger partial charge in [0.05, 0.1) is 0 Å². The van der Waals surface area contributed by atoms with E-state index < -0.39 is 0 Å². The van der Waals surface area contributed by atoms with Gasteiger partial charge in [0.2, 0.25) is 0 Å². The Kier molecular flexibility index (Phi) is 5.94. The third-order valence-corrected chi connectivity index (χ3v) is 4.77. The summed E-state index contributed by atoms with van der Waals surface area (Å²) >= 11 is 0. The van der Waals surface area contributed by atoms with Crippen LogP contribution in [0.4, 0.5) is 0 Å². The molecule has 2 unspecified atom stereocenters. The molecule has 0 heterocycles. The van der Waals surface area contributed by atoms with Gasteiger partial charge in [-0.05, 0) is 31.7 Å².